The van der Waals surface area contributed by atoms with E-state index in [-0.39, 0.29) is 0 Å². The second-order valence-corrected chi connectivity index (χ2v) is 5.43. The van der Waals surface area contributed by atoms with Gasteiger partial charge in [-0.3, -0.25) is 5.10 Å². The number of H-pyrrole nitrogens is 1. The second kappa shape index (κ2) is 3.91. The molecule has 3 rings (SSSR count). The molecule has 2 aliphatic rings. The molecule has 15 heavy (non-hydrogen) atoms. The molecular formula is C11H16BrN3. The van der Waals surface area contributed by atoms with Crippen LogP contribution < -0.4 is 5.32 Å². The molecule has 2 heterocycles. The van der Waals surface area contributed by atoms with E-state index in [4.69, 9.17) is 0 Å². The Morgan fingerprint density at radius 3 is 2.47 bits per heavy atom. The fourth-order valence-electron chi connectivity index (χ4n) is 2.36. The minimum Gasteiger partial charge on any atom is -0.317 e. The van der Waals surface area contributed by atoms with Crippen LogP contribution >= 0.6 is 15.9 Å². The number of piperidine rings is 1. The van der Waals surface area contributed by atoms with Gasteiger partial charge in [0.1, 0.15) is 0 Å². The first kappa shape index (κ1) is 9.85. The van der Waals surface area contributed by atoms with Crippen molar-refractivity contribution in [3.05, 3.63) is 15.9 Å². The molecule has 0 unspecified atom stereocenters. The highest BCUT2D eigenvalue weighted by atomic mass is 79.9. The largest absolute Gasteiger partial charge is 0.317 e. The van der Waals surface area contributed by atoms with Crippen LogP contribution in [-0.4, -0.2) is 23.3 Å². The zero-order chi connectivity index (χ0) is 10.3. The molecule has 0 aromatic carbocycles. The van der Waals surface area contributed by atoms with Crippen LogP contribution in [0.1, 0.15) is 48.9 Å². The van der Waals surface area contributed by atoms with Crippen molar-refractivity contribution in [3.63, 3.8) is 0 Å². The molecule has 1 aliphatic heterocycles. The molecule has 0 bridgehead atoms. The maximum Gasteiger partial charge on any atom is 0.0798 e. The highest BCUT2D eigenvalue weighted by Crippen LogP contribution is 2.44. The van der Waals surface area contributed by atoms with E-state index in [2.05, 4.69) is 31.4 Å². The number of halogens is 1. The van der Waals surface area contributed by atoms with Crippen LogP contribution in [0.5, 0.6) is 0 Å². The number of nitrogens with one attached hydrogen (secondary N) is 2. The minimum atomic E-state index is 0.667. The number of aromatic nitrogens is 2. The second-order valence-electron chi connectivity index (χ2n) is 4.64. The lowest BCUT2D eigenvalue weighted by Gasteiger charge is -2.21. The van der Waals surface area contributed by atoms with Crippen molar-refractivity contribution >= 4 is 15.9 Å². The number of hydrogen-bond donors (Lipinski definition) is 2. The average Bonchev–Trinajstić information content (AvgIpc) is 3.04. The van der Waals surface area contributed by atoms with Crippen LogP contribution in [0.3, 0.4) is 0 Å². The molecule has 0 atom stereocenters. The third-order valence-corrected chi connectivity index (χ3v) is 4.30. The topological polar surface area (TPSA) is 40.7 Å². The van der Waals surface area contributed by atoms with Crippen LogP contribution in [0.25, 0.3) is 0 Å². The summed E-state index contributed by atoms with van der Waals surface area (Å²) in [5, 5.41) is 11.1. The standard InChI is InChI=1S/C11H16BrN3/c12-9-10(7-1-2-7)14-15-11(9)8-3-5-13-6-4-8/h7-8,13H,1-6H2,(H,14,15). The van der Waals surface area contributed by atoms with Crippen LogP contribution in [0.4, 0.5) is 0 Å². The van der Waals surface area contributed by atoms with Gasteiger partial charge in [0.25, 0.3) is 0 Å². The SMILES string of the molecule is Brc1c(C2CC2)n[nH]c1C1CCNCC1. The highest BCUT2D eigenvalue weighted by molar-refractivity contribution is 9.10. The number of aromatic amines is 1. The zero-order valence-electron chi connectivity index (χ0n) is 8.72. The summed E-state index contributed by atoms with van der Waals surface area (Å²) >= 11 is 3.71. The first-order valence-electron chi connectivity index (χ1n) is 5.80. The summed E-state index contributed by atoms with van der Waals surface area (Å²) < 4.78 is 1.26. The molecule has 1 aliphatic carbocycles. The van der Waals surface area contributed by atoms with Gasteiger partial charge in [-0.1, -0.05) is 0 Å². The van der Waals surface area contributed by atoms with Gasteiger partial charge in [0, 0.05) is 11.8 Å². The third kappa shape index (κ3) is 1.85. The van der Waals surface area contributed by atoms with E-state index in [0.29, 0.717) is 5.92 Å². The summed E-state index contributed by atoms with van der Waals surface area (Å²) in [7, 11) is 0. The maximum atomic E-state index is 4.46. The Bertz CT molecular complexity index is 351. The molecule has 82 valence electrons. The Kier molecular flexibility index (Phi) is 2.56. The smallest absolute Gasteiger partial charge is 0.0798 e. The van der Waals surface area contributed by atoms with Crippen molar-refractivity contribution in [1.82, 2.24) is 15.5 Å². The Labute approximate surface area is 98.2 Å². The molecule has 4 heteroatoms. The number of nitrogens with zero attached hydrogens (tertiary/aromatic N) is 1. The molecule has 2 fully saturated rings. The van der Waals surface area contributed by atoms with Gasteiger partial charge in [-0.2, -0.15) is 5.10 Å². The summed E-state index contributed by atoms with van der Waals surface area (Å²) in [5.41, 5.74) is 2.60. The van der Waals surface area contributed by atoms with E-state index in [9.17, 15) is 0 Å². The normalized spacial score (nSPS) is 23.3. The van der Waals surface area contributed by atoms with Gasteiger partial charge in [0.2, 0.25) is 0 Å². The summed E-state index contributed by atoms with van der Waals surface area (Å²) in [6, 6.07) is 0. The molecule has 1 aromatic heterocycles. The van der Waals surface area contributed by atoms with Gasteiger partial charge in [-0.25, -0.2) is 0 Å². The molecule has 3 nitrogen and oxygen atoms in total. The minimum absolute atomic E-state index is 0.667. The van der Waals surface area contributed by atoms with Crippen LogP contribution in [0.2, 0.25) is 0 Å². The molecule has 0 spiro atoms. The lowest BCUT2D eigenvalue weighted by atomic mass is 9.94. The van der Waals surface area contributed by atoms with E-state index < -0.39 is 0 Å². The van der Waals surface area contributed by atoms with Crippen molar-refractivity contribution < 1.29 is 0 Å². The average molecular weight is 270 g/mol. The monoisotopic (exact) mass is 269 g/mol. The third-order valence-electron chi connectivity index (χ3n) is 3.47. The van der Waals surface area contributed by atoms with Gasteiger partial charge in [0.05, 0.1) is 15.9 Å². The van der Waals surface area contributed by atoms with Gasteiger partial charge in [0.15, 0.2) is 0 Å². The molecule has 1 aromatic rings. The van der Waals surface area contributed by atoms with Crippen LogP contribution in [-0.2, 0) is 0 Å². The van der Waals surface area contributed by atoms with Gasteiger partial charge in [-0.15, -0.1) is 0 Å². The Balaban J connectivity index is 1.83. The first-order chi connectivity index (χ1) is 7.36. The molecule has 0 radical (unpaired) electrons. The highest BCUT2D eigenvalue weighted by Gasteiger charge is 2.31. The van der Waals surface area contributed by atoms with Crippen molar-refractivity contribution in [1.29, 1.82) is 0 Å². The molecule has 1 saturated carbocycles. The number of rotatable bonds is 2. The summed E-state index contributed by atoms with van der Waals surface area (Å²) in [5.74, 6) is 1.40. The predicted molar refractivity (Wildman–Crippen MR) is 63.1 cm³/mol. The van der Waals surface area contributed by atoms with Gasteiger partial charge >= 0.3 is 0 Å². The fourth-order valence-corrected chi connectivity index (χ4v) is 3.19. The molecule has 2 N–H and O–H groups in total. The Hall–Kier alpha value is -0.350. The number of hydrogen-bond acceptors (Lipinski definition) is 2. The van der Waals surface area contributed by atoms with E-state index in [1.807, 2.05) is 0 Å². The summed E-state index contributed by atoms with van der Waals surface area (Å²) in [6.07, 6.45) is 5.08. The summed E-state index contributed by atoms with van der Waals surface area (Å²) in [4.78, 5) is 0. The maximum absolute atomic E-state index is 4.46. The van der Waals surface area contributed by atoms with E-state index in [1.54, 1.807) is 0 Å². The first-order valence-corrected chi connectivity index (χ1v) is 6.60. The van der Waals surface area contributed by atoms with Crippen LogP contribution in [0.15, 0.2) is 4.47 Å². The zero-order valence-corrected chi connectivity index (χ0v) is 10.3. The lowest BCUT2D eigenvalue weighted by molar-refractivity contribution is 0.452. The Morgan fingerprint density at radius 1 is 1.07 bits per heavy atom. The fraction of sp³-hybridized carbons (Fsp3) is 0.727. The van der Waals surface area contributed by atoms with Crippen molar-refractivity contribution in [2.75, 3.05) is 13.1 Å². The van der Waals surface area contributed by atoms with E-state index >= 15 is 0 Å². The van der Waals surface area contributed by atoms with E-state index in [1.165, 1.54) is 41.5 Å². The summed E-state index contributed by atoms with van der Waals surface area (Å²) in [6.45, 7) is 2.27. The van der Waals surface area contributed by atoms with Crippen molar-refractivity contribution in [2.45, 2.75) is 37.5 Å². The Morgan fingerprint density at radius 2 is 1.80 bits per heavy atom. The molecular weight excluding hydrogens is 254 g/mol. The molecule has 0 amide bonds. The van der Waals surface area contributed by atoms with Gasteiger partial charge in [-0.05, 0) is 54.7 Å². The van der Waals surface area contributed by atoms with Crippen molar-refractivity contribution in [3.8, 4) is 0 Å². The van der Waals surface area contributed by atoms with Crippen LogP contribution in [0, 0.1) is 0 Å². The quantitative estimate of drug-likeness (QED) is 0.867. The molecule has 1 saturated heterocycles. The van der Waals surface area contributed by atoms with Crippen molar-refractivity contribution in [2.24, 2.45) is 0 Å². The van der Waals surface area contributed by atoms with E-state index in [0.717, 1.165) is 19.0 Å². The van der Waals surface area contributed by atoms with Gasteiger partial charge < -0.3 is 5.32 Å². The lowest BCUT2D eigenvalue weighted by Crippen LogP contribution is -2.26. The predicted octanol–water partition coefficient (Wildman–Crippen LogP) is 2.52.